The molecule has 0 fully saturated rings. The first-order chi connectivity index (χ1) is 9.58. The molecule has 1 amide bonds. The number of benzene rings is 2. The molecule has 0 spiro atoms. The van der Waals surface area contributed by atoms with Gasteiger partial charge in [0.1, 0.15) is 11.6 Å². The maximum atomic E-state index is 12.7. The van der Waals surface area contributed by atoms with E-state index in [0.717, 1.165) is 0 Å². The SMILES string of the molecule is Cc1cccc(C(=O)NN=Cc2ccc(F)cc2)c1O. The lowest BCUT2D eigenvalue weighted by molar-refractivity contribution is 0.0952. The van der Waals surface area contributed by atoms with Crippen molar-refractivity contribution >= 4 is 12.1 Å². The number of phenolic OH excluding ortho intramolecular Hbond substituents is 1. The van der Waals surface area contributed by atoms with E-state index in [0.29, 0.717) is 11.1 Å². The van der Waals surface area contributed by atoms with E-state index in [9.17, 15) is 14.3 Å². The van der Waals surface area contributed by atoms with Crippen LogP contribution in [0.15, 0.2) is 47.6 Å². The number of para-hydroxylation sites is 1. The van der Waals surface area contributed by atoms with Gasteiger partial charge in [-0.1, -0.05) is 24.3 Å². The number of hydrogen-bond acceptors (Lipinski definition) is 3. The monoisotopic (exact) mass is 272 g/mol. The average Bonchev–Trinajstić information content (AvgIpc) is 2.44. The fourth-order valence-electron chi connectivity index (χ4n) is 1.62. The molecule has 0 aromatic heterocycles. The maximum absolute atomic E-state index is 12.7. The first kappa shape index (κ1) is 13.7. The zero-order valence-corrected chi connectivity index (χ0v) is 10.8. The van der Waals surface area contributed by atoms with Crippen molar-refractivity contribution in [1.29, 1.82) is 0 Å². The number of halogens is 1. The Hall–Kier alpha value is -2.69. The van der Waals surface area contributed by atoms with E-state index in [-0.39, 0.29) is 17.1 Å². The summed E-state index contributed by atoms with van der Waals surface area (Å²) in [6.45, 7) is 1.70. The van der Waals surface area contributed by atoms with E-state index in [4.69, 9.17) is 0 Å². The van der Waals surface area contributed by atoms with Crippen LogP contribution in [0.5, 0.6) is 5.75 Å². The van der Waals surface area contributed by atoms with Crippen molar-refractivity contribution in [3.63, 3.8) is 0 Å². The number of rotatable bonds is 3. The number of nitrogens with one attached hydrogen (secondary N) is 1. The molecule has 0 aliphatic rings. The highest BCUT2D eigenvalue weighted by Crippen LogP contribution is 2.20. The van der Waals surface area contributed by atoms with Crippen LogP contribution >= 0.6 is 0 Å². The summed E-state index contributed by atoms with van der Waals surface area (Å²) in [4.78, 5) is 11.8. The third kappa shape index (κ3) is 3.20. The minimum Gasteiger partial charge on any atom is -0.507 e. The predicted molar refractivity (Wildman–Crippen MR) is 74.3 cm³/mol. The Bertz CT molecular complexity index is 651. The summed E-state index contributed by atoms with van der Waals surface area (Å²) in [7, 11) is 0. The first-order valence-corrected chi connectivity index (χ1v) is 5.95. The first-order valence-electron chi connectivity index (χ1n) is 5.95. The highest BCUT2D eigenvalue weighted by atomic mass is 19.1. The van der Waals surface area contributed by atoms with Crippen molar-refractivity contribution in [1.82, 2.24) is 5.43 Å². The lowest BCUT2D eigenvalue weighted by Crippen LogP contribution is -2.17. The van der Waals surface area contributed by atoms with Gasteiger partial charge in [-0.2, -0.15) is 5.10 Å². The molecule has 0 unspecified atom stereocenters. The Morgan fingerprint density at radius 1 is 1.25 bits per heavy atom. The average molecular weight is 272 g/mol. The molecule has 0 saturated carbocycles. The summed E-state index contributed by atoms with van der Waals surface area (Å²) < 4.78 is 12.7. The molecule has 5 heteroatoms. The number of aromatic hydroxyl groups is 1. The molecular weight excluding hydrogens is 259 g/mol. The number of nitrogens with zero attached hydrogens (tertiary/aromatic N) is 1. The Morgan fingerprint density at radius 2 is 1.95 bits per heavy atom. The van der Waals surface area contributed by atoms with Crippen LogP contribution < -0.4 is 5.43 Å². The number of amides is 1. The third-order valence-electron chi connectivity index (χ3n) is 2.73. The van der Waals surface area contributed by atoms with Gasteiger partial charge in [-0.3, -0.25) is 4.79 Å². The molecule has 0 heterocycles. The van der Waals surface area contributed by atoms with Crippen LogP contribution in [0.2, 0.25) is 0 Å². The molecule has 0 radical (unpaired) electrons. The van der Waals surface area contributed by atoms with E-state index in [1.54, 1.807) is 19.1 Å². The Balaban J connectivity index is 2.05. The molecule has 2 aromatic carbocycles. The van der Waals surface area contributed by atoms with Crippen LogP contribution in [0.1, 0.15) is 21.5 Å². The zero-order chi connectivity index (χ0) is 14.5. The van der Waals surface area contributed by atoms with Crippen molar-refractivity contribution in [3.8, 4) is 5.75 Å². The molecule has 20 heavy (non-hydrogen) atoms. The third-order valence-corrected chi connectivity index (χ3v) is 2.73. The van der Waals surface area contributed by atoms with Crippen molar-refractivity contribution in [2.75, 3.05) is 0 Å². The van der Waals surface area contributed by atoms with E-state index < -0.39 is 5.91 Å². The van der Waals surface area contributed by atoms with Gasteiger partial charge in [-0.05, 0) is 36.2 Å². The Labute approximate surface area is 115 Å². The van der Waals surface area contributed by atoms with Crippen LogP contribution in [0.3, 0.4) is 0 Å². The van der Waals surface area contributed by atoms with Crippen LogP contribution in [-0.2, 0) is 0 Å². The standard InChI is InChI=1S/C15H13FN2O2/c1-10-3-2-4-13(14(10)19)15(20)18-17-9-11-5-7-12(16)8-6-11/h2-9,19H,1H3,(H,18,20). The largest absolute Gasteiger partial charge is 0.507 e. The van der Waals surface area contributed by atoms with Crippen molar-refractivity contribution in [2.45, 2.75) is 6.92 Å². The maximum Gasteiger partial charge on any atom is 0.275 e. The fraction of sp³-hybridized carbons (Fsp3) is 0.0667. The molecule has 0 aliphatic heterocycles. The van der Waals surface area contributed by atoms with Gasteiger partial charge in [0.15, 0.2) is 0 Å². The second-order valence-electron chi connectivity index (χ2n) is 4.22. The van der Waals surface area contributed by atoms with Crippen molar-refractivity contribution < 1.29 is 14.3 Å². The van der Waals surface area contributed by atoms with Crippen molar-refractivity contribution in [3.05, 3.63) is 65.0 Å². The normalized spacial score (nSPS) is 10.7. The van der Waals surface area contributed by atoms with Gasteiger partial charge in [-0.15, -0.1) is 0 Å². The van der Waals surface area contributed by atoms with Gasteiger partial charge in [-0.25, -0.2) is 9.82 Å². The van der Waals surface area contributed by atoms with Gasteiger partial charge in [0, 0.05) is 0 Å². The van der Waals surface area contributed by atoms with E-state index in [2.05, 4.69) is 10.5 Å². The van der Waals surface area contributed by atoms with Gasteiger partial charge < -0.3 is 5.11 Å². The number of hydrazone groups is 1. The highest BCUT2D eigenvalue weighted by molar-refractivity contribution is 5.97. The van der Waals surface area contributed by atoms with Crippen LogP contribution in [0.4, 0.5) is 4.39 Å². The topological polar surface area (TPSA) is 61.7 Å². The summed E-state index contributed by atoms with van der Waals surface area (Å²) in [6.07, 6.45) is 1.39. The van der Waals surface area contributed by atoms with Crippen LogP contribution in [-0.4, -0.2) is 17.2 Å². The second kappa shape index (κ2) is 5.97. The second-order valence-corrected chi connectivity index (χ2v) is 4.22. The molecule has 0 aliphatic carbocycles. The molecule has 0 saturated heterocycles. The van der Waals surface area contributed by atoms with Crippen molar-refractivity contribution in [2.24, 2.45) is 5.10 Å². The number of aryl methyl sites for hydroxylation is 1. The zero-order valence-electron chi connectivity index (χ0n) is 10.8. The van der Waals surface area contributed by atoms with Crippen LogP contribution in [0.25, 0.3) is 0 Å². The molecule has 0 bridgehead atoms. The quantitative estimate of drug-likeness (QED) is 0.666. The predicted octanol–water partition coefficient (Wildman–Crippen LogP) is 2.60. The highest BCUT2D eigenvalue weighted by Gasteiger charge is 2.11. The van der Waals surface area contributed by atoms with E-state index in [1.165, 1.54) is 36.5 Å². The summed E-state index contributed by atoms with van der Waals surface area (Å²) in [6, 6.07) is 10.6. The molecule has 2 rings (SSSR count). The molecule has 2 N–H and O–H groups in total. The van der Waals surface area contributed by atoms with Gasteiger partial charge in [0.25, 0.3) is 5.91 Å². The lowest BCUT2D eigenvalue weighted by atomic mass is 10.1. The number of hydrogen-bond donors (Lipinski definition) is 2. The minimum atomic E-state index is -0.510. The van der Waals surface area contributed by atoms with Gasteiger partial charge in [0.05, 0.1) is 11.8 Å². The van der Waals surface area contributed by atoms with E-state index in [1.807, 2.05) is 0 Å². The lowest BCUT2D eigenvalue weighted by Gasteiger charge is -2.04. The molecule has 2 aromatic rings. The number of phenols is 1. The smallest absolute Gasteiger partial charge is 0.275 e. The molecule has 4 nitrogen and oxygen atoms in total. The number of carbonyl (C=O) groups excluding carboxylic acids is 1. The van der Waals surface area contributed by atoms with Crippen LogP contribution in [0, 0.1) is 12.7 Å². The Kier molecular flexibility index (Phi) is 4.10. The molecular formula is C15H13FN2O2. The summed E-state index contributed by atoms with van der Waals surface area (Å²) in [5.74, 6) is -0.914. The summed E-state index contributed by atoms with van der Waals surface area (Å²) >= 11 is 0. The minimum absolute atomic E-state index is 0.0676. The summed E-state index contributed by atoms with van der Waals surface area (Å²) in [5, 5.41) is 13.5. The summed E-state index contributed by atoms with van der Waals surface area (Å²) in [5.41, 5.74) is 3.72. The van der Waals surface area contributed by atoms with Gasteiger partial charge in [0.2, 0.25) is 0 Å². The van der Waals surface area contributed by atoms with E-state index >= 15 is 0 Å². The number of carbonyl (C=O) groups is 1. The fourth-order valence-corrected chi connectivity index (χ4v) is 1.62. The molecule has 102 valence electrons. The molecule has 0 atom stereocenters. The Morgan fingerprint density at radius 3 is 2.65 bits per heavy atom. The van der Waals surface area contributed by atoms with Gasteiger partial charge >= 0.3 is 0 Å².